The third-order valence-electron chi connectivity index (χ3n) is 3.99. The van der Waals surface area contributed by atoms with Gasteiger partial charge in [0.1, 0.15) is 5.75 Å². The van der Waals surface area contributed by atoms with E-state index in [0.29, 0.717) is 28.7 Å². The van der Waals surface area contributed by atoms with Crippen molar-refractivity contribution in [2.75, 3.05) is 11.9 Å². The van der Waals surface area contributed by atoms with E-state index >= 15 is 0 Å². The number of benzene rings is 2. The Bertz CT molecular complexity index is 1150. The van der Waals surface area contributed by atoms with Crippen LogP contribution in [0.15, 0.2) is 75.8 Å². The summed E-state index contributed by atoms with van der Waals surface area (Å²) < 4.78 is 16.1. The van der Waals surface area contributed by atoms with E-state index in [-0.39, 0.29) is 24.1 Å². The molecule has 150 valence electrons. The number of furan rings is 1. The van der Waals surface area contributed by atoms with Crippen molar-refractivity contribution in [3.8, 4) is 28.9 Å². The average molecular weight is 406 g/mol. The number of nitro benzene ring substituents is 1. The zero-order valence-corrected chi connectivity index (χ0v) is 15.3. The lowest BCUT2D eigenvalue weighted by molar-refractivity contribution is -0.384. The Morgan fingerprint density at radius 2 is 1.77 bits per heavy atom. The molecule has 1 amide bonds. The van der Waals surface area contributed by atoms with Gasteiger partial charge in [0.25, 0.3) is 17.5 Å². The molecule has 10 heteroatoms. The number of aromatic nitrogens is 2. The standard InChI is InChI=1S/C20H14N4O6/c25-18(12-29-16-9-7-15(8-10-16)24(26)27)21-14-5-3-13(4-6-14)19-22-23-20(30-19)17-2-1-11-28-17/h1-11H,12H2,(H,21,25). The van der Waals surface area contributed by atoms with Gasteiger partial charge < -0.3 is 18.9 Å². The van der Waals surface area contributed by atoms with Gasteiger partial charge in [0.2, 0.25) is 5.89 Å². The summed E-state index contributed by atoms with van der Waals surface area (Å²) in [5.74, 6) is 1.05. The van der Waals surface area contributed by atoms with E-state index in [4.69, 9.17) is 13.6 Å². The molecule has 0 atom stereocenters. The molecule has 0 spiro atoms. The van der Waals surface area contributed by atoms with Gasteiger partial charge in [0.05, 0.1) is 11.2 Å². The minimum atomic E-state index is -0.508. The lowest BCUT2D eigenvalue weighted by Crippen LogP contribution is -2.20. The zero-order chi connectivity index (χ0) is 20.9. The second-order valence-corrected chi connectivity index (χ2v) is 6.05. The number of nitrogens with one attached hydrogen (secondary N) is 1. The molecule has 30 heavy (non-hydrogen) atoms. The van der Waals surface area contributed by atoms with Crippen LogP contribution in [0.4, 0.5) is 11.4 Å². The molecule has 1 N–H and O–H groups in total. The van der Waals surface area contributed by atoms with Crippen LogP contribution in [0.25, 0.3) is 23.1 Å². The summed E-state index contributed by atoms with van der Waals surface area (Å²) in [4.78, 5) is 22.2. The summed E-state index contributed by atoms with van der Waals surface area (Å²) in [5.41, 5.74) is 1.19. The first-order chi connectivity index (χ1) is 14.6. The van der Waals surface area contributed by atoms with Gasteiger partial charge in [-0.2, -0.15) is 0 Å². The fourth-order valence-electron chi connectivity index (χ4n) is 2.55. The maximum atomic E-state index is 12.1. The van der Waals surface area contributed by atoms with Gasteiger partial charge in [0, 0.05) is 23.4 Å². The van der Waals surface area contributed by atoms with Crippen LogP contribution < -0.4 is 10.1 Å². The van der Waals surface area contributed by atoms with E-state index in [1.54, 1.807) is 36.4 Å². The van der Waals surface area contributed by atoms with Crippen molar-refractivity contribution >= 4 is 17.3 Å². The minimum Gasteiger partial charge on any atom is -0.484 e. The summed E-state index contributed by atoms with van der Waals surface area (Å²) in [5, 5.41) is 21.3. The Labute approximate surface area is 169 Å². The molecule has 4 rings (SSSR count). The van der Waals surface area contributed by atoms with Gasteiger partial charge in [-0.15, -0.1) is 10.2 Å². The lowest BCUT2D eigenvalue weighted by Gasteiger charge is -2.07. The summed E-state index contributed by atoms with van der Waals surface area (Å²) in [7, 11) is 0. The number of hydrogen-bond donors (Lipinski definition) is 1. The molecule has 4 aromatic rings. The first kappa shape index (κ1) is 18.9. The predicted molar refractivity (Wildman–Crippen MR) is 105 cm³/mol. The van der Waals surface area contributed by atoms with Crippen LogP contribution >= 0.6 is 0 Å². The average Bonchev–Trinajstić information content (AvgIpc) is 3.45. The fraction of sp³-hybridized carbons (Fsp3) is 0.0500. The molecule has 0 aliphatic heterocycles. The molecule has 0 bridgehead atoms. The van der Waals surface area contributed by atoms with E-state index in [0.717, 1.165) is 0 Å². The molecule has 2 aromatic carbocycles. The maximum Gasteiger partial charge on any atom is 0.283 e. The van der Waals surface area contributed by atoms with Crippen molar-refractivity contribution in [3.05, 3.63) is 77.0 Å². The number of amides is 1. The van der Waals surface area contributed by atoms with Crippen LogP contribution in [0.2, 0.25) is 0 Å². The Hall–Kier alpha value is -4.47. The van der Waals surface area contributed by atoms with Crippen LogP contribution in [0.3, 0.4) is 0 Å². The number of hydrogen-bond acceptors (Lipinski definition) is 8. The van der Waals surface area contributed by atoms with E-state index in [9.17, 15) is 14.9 Å². The van der Waals surface area contributed by atoms with Crippen LogP contribution in [0.5, 0.6) is 5.75 Å². The number of carbonyl (C=O) groups is 1. The van der Waals surface area contributed by atoms with Gasteiger partial charge in [-0.3, -0.25) is 14.9 Å². The molecular formula is C20H14N4O6. The quantitative estimate of drug-likeness (QED) is 0.360. The molecule has 0 radical (unpaired) electrons. The monoisotopic (exact) mass is 406 g/mol. The van der Waals surface area contributed by atoms with E-state index < -0.39 is 4.92 Å². The summed E-state index contributed by atoms with van der Waals surface area (Å²) in [6, 6.07) is 15.8. The first-order valence-electron chi connectivity index (χ1n) is 8.73. The first-order valence-corrected chi connectivity index (χ1v) is 8.73. The van der Waals surface area contributed by atoms with Gasteiger partial charge >= 0.3 is 0 Å². The molecule has 2 heterocycles. The van der Waals surface area contributed by atoms with Crippen molar-refractivity contribution in [3.63, 3.8) is 0 Å². The molecule has 10 nitrogen and oxygen atoms in total. The van der Waals surface area contributed by atoms with Crippen molar-refractivity contribution in [2.45, 2.75) is 0 Å². The molecule has 0 unspecified atom stereocenters. The predicted octanol–water partition coefficient (Wildman–Crippen LogP) is 3.92. The highest BCUT2D eigenvalue weighted by atomic mass is 16.6. The Kier molecular flexibility index (Phi) is 5.20. The van der Waals surface area contributed by atoms with Crippen molar-refractivity contribution in [1.29, 1.82) is 0 Å². The van der Waals surface area contributed by atoms with Gasteiger partial charge in [-0.25, -0.2) is 0 Å². The third kappa shape index (κ3) is 4.33. The molecule has 0 fully saturated rings. The van der Waals surface area contributed by atoms with Gasteiger partial charge in [0.15, 0.2) is 12.4 Å². The summed E-state index contributed by atoms with van der Waals surface area (Å²) in [6.45, 7) is -0.240. The summed E-state index contributed by atoms with van der Waals surface area (Å²) in [6.07, 6.45) is 1.52. The van der Waals surface area contributed by atoms with Crippen LogP contribution in [0.1, 0.15) is 0 Å². The van der Waals surface area contributed by atoms with Gasteiger partial charge in [-0.05, 0) is 48.5 Å². The summed E-state index contributed by atoms with van der Waals surface area (Å²) >= 11 is 0. The van der Waals surface area contributed by atoms with E-state index in [2.05, 4.69) is 15.5 Å². The molecule has 0 saturated heterocycles. The SMILES string of the molecule is O=C(COc1ccc([N+](=O)[O-])cc1)Nc1ccc(-c2nnc(-c3ccco3)o2)cc1. The number of rotatable bonds is 7. The van der Waals surface area contributed by atoms with Crippen LogP contribution in [-0.4, -0.2) is 27.6 Å². The van der Waals surface area contributed by atoms with Crippen molar-refractivity contribution in [1.82, 2.24) is 10.2 Å². The number of nitrogens with zero attached hydrogens (tertiary/aromatic N) is 3. The number of non-ortho nitro benzene ring substituents is 1. The number of nitro groups is 1. The maximum absolute atomic E-state index is 12.1. The van der Waals surface area contributed by atoms with Gasteiger partial charge in [-0.1, -0.05) is 0 Å². The number of anilines is 1. The fourth-order valence-corrected chi connectivity index (χ4v) is 2.55. The normalized spacial score (nSPS) is 10.5. The van der Waals surface area contributed by atoms with E-state index in [1.165, 1.54) is 30.5 Å². The van der Waals surface area contributed by atoms with Crippen LogP contribution in [-0.2, 0) is 4.79 Å². The van der Waals surface area contributed by atoms with Crippen molar-refractivity contribution < 1.29 is 23.3 Å². The molecule has 0 aliphatic rings. The molecule has 0 aliphatic carbocycles. The highest BCUT2D eigenvalue weighted by molar-refractivity contribution is 5.92. The number of carbonyl (C=O) groups excluding carboxylic acids is 1. The highest BCUT2D eigenvalue weighted by Crippen LogP contribution is 2.25. The molecule has 0 saturated carbocycles. The largest absolute Gasteiger partial charge is 0.484 e. The van der Waals surface area contributed by atoms with Crippen molar-refractivity contribution in [2.24, 2.45) is 0 Å². The zero-order valence-electron chi connectivity index (χ0n) is 15.3. The molecule has 2 aromatic heterocycles. The second-order valence-electron chi connectivity index (χ2n) is 6.05. The van der Waals surface area contributed by atoms with Crippen LogP contribution in [0, 0.1) is 10.1 Å². The Balaban J connectivity index is 1.33. The number of ether oxygens (including phenoxy) is 1. The Morgan fingerprint density at radius 1 is 1.03 bits per heavy atom. The highest BCUT2D eigenvalue weighted by Gasteiger charge is 2.13. The second kappa shape index (κ2) is 8.27. The minimum absolute atomic E-state index is 0.0515. The Morgan fingerprint density at radius 3 is 2.43 bits per heavy atom. The van der Waals surface area contributed by atoms with E-state index in [1.807, 2.05) is 0 Å². The molecular weight excluding hydrogens is 392 g/mol. The lowest BCUT2D eigenvalue weighted by atomic mass is 10.2. The smallest absolute Gasteiger partial charge is 0.283 e. The third-order valence-corrected chi connectivity index (χ3v) is 3.99. The topological polar surface area (TPSA) is 134 Å².